The minimum atomic E-state index is 0.384. The van der Waals surface area contributed by atoms with E-state index in [9.17, 15) is 0 Å². The van der Waals surface area contributed by atoms with Crippen LogP contribution in [0.5, 0.6) is 0 Å². The van der Waals surface area contributed by atoms with Crippen molar-refractivity contribution in [2.24, 2.45) is 9.98 Å². The van der Waals surface area contributed by atoms with Gasteiger partial charge in [-0.3, -0.25) is 9.98 Å². The summed E-state index contributed by atoms with van der Waals surface area (Å²) in [5, 5.41) is 0.384. The van der Waals surface area contributed by atoms with Gasteiger partial charge in [0, 0.05) is 11.4 Å². The van der Waals surface area contributed by atoms with E-state index in [1.54, 1.807) is 6.08 Å². The molecule has 0 saturated carbocycles. The van der Waals surface area contributed by atoms with Crippen LogP contribution < -0.4 is 0 Å². The van der Waals surface area contributed by atoms with Crippen molar-refractivity contribution < 1.29 is 0 Å². The molecule has 0 aliphatic heterocycles. The highest BCUT2D eigenvalue weighted by atomic mass is 35.5. The molecular weight excluding hydrogens is 184 g/mol. The normalized spacial score (nSPS) is 12.6. The lowest BCUT2D eigenvalue weighted by molar-refractivity contribution is 1.06. The van der Waals surface area contributed by atoms with E-state index in [1.165, 1.54) is 0 Å². The average Bonchev–Trinajstić information content (AvgIpc) is 2.10. The fraction of sp³-hybridized carbons (Fsp3) is 0.400. The van der Waals surface area contributed by atoms with Gasteiger partial charge in [0.05, 0.1) is 0 Å². The van der Waals surface area contributed by atoms with Gasteiger partial charge in [0.2, 0.25) is 0 Å². The van der Waals surface area contributed by atoms with Gasteiger partial charge >= 0.3 is 0 Å². The van der Waals surface area contributed by atoms with Crippen LogP contribution in [0.4, 0.5) is 0 Å². The summed E-state index contributed by atoms with van der Waals surface area (Å²) in [5.41, 5.74) is 2.02. The number of allylic oxidation sites excluding steroid dienone is 3. The second kappa shape index (κ2) is 6.61. The van der Waals surface area contributed by atoms with E-state index in [4.69, 9.17) is 11.6 Å². The first-order valence-corrected chi connectivity index (χ1v) is 4.53. The second-order valence-corrected chi connectivity index (χ2v) is 3.11. The molecule has 3 heteroatoms. The van der Waals surface area contributed by atoms with E-state index in [0.717, 1.165) is 17.8 Å². The van der Waals surface area contributed by atoms with E-state index >= 15 is 0 Å². The number of hydrogen-bond acceptors (Lipinski definition) is 2. The summed E-state index contributed by atoms with van der Waals surface area (Å²) >= 11 is 5.64. The molecule has 0 spiro atoms. The summed E-state index contributed by atoms with van der Waals surface area (Å²) in [4.78, 5) is 7.87. The summed E-state index contributed by atoms with van der Waals surface area (Å²) in [7, 11) is 0. The minimum Gasteiger partial charge on any atom is -0.263 e. The molecule has 0 unspecified atom stereocenters. The van der Waals surface area contributed by atoms with Crippen LogP contribution in [0.25, 0.3) is 0 Å². The van der Waals surface area contributed by atoms with Crippen molar-refractivity contribution in [1.82, 2.24) is 0 Å². The molecule has 13 heavy (non-hydrogen) atoms. The van der Waals surface area contributed by atoms with Crippen LogP contribution in [-0.4, -0.2) is 12.4 Å². The molecule has 0 aliphatic rings. The van der Waals surface area contributed by atoms with Crippen LogP contribution >= 0.6 is 11.6 Å². The Morgan fingerprint density at radius 1 is 1.38 bits per heavy atom. The van der Waals surface area contributed by atoms with E-state index in [-0.39, 0.29) is 0 Å². The van der Waals surface area contributed by atoms with Gasteiger partial charge in [0.15, 0.2) is 0 Å². The standard InChI is InChI=1S/C10H15ClN2/c1-5-9(13-8(2)3)6-7-10(11)12-4/h6-7H,4-5H2,1-3H3/b9-6+,10-7-. The van der Waals surface area contributed by atoms with E-state index in [2.05, 4.69) is 16.7 Å². The zero-order chi connectivity index (χ0) is 10.3. The molecule has 0 aliphatic carbocycles. The Balaban J connectivity index is 4.58. The molecule has 0 radical (unpaired) electrons. The summed E-state index contributed by atoms with van der Waals surface area (Å²) in [6, 6.07) is 0. The largest absolute Gasteiger partial charge is 0.263 e. The molecule has 0 saturated heterocycles. The summed E-state index contributed by atoms with van der Waals surface area (Å²) in [5.74, 6) is 0. The lowest BCUT2D eigenvalue weighted by atomic mass is 10.3. The highest BCUT2D eigenvalue weighted by molar-refractivity contribution is 6.29. The number of aliphatic imine (C=N–C) groups is 2. The van der Waals surface area contributed by atoms with Crippen molar-refractivity contribution in [2.45, 2.75) is 27.2 Å². The van der Waals surface area contributed by atoms with Crippen LogP contribution in [0.2, 0.25) is 0 Å². The SMILES string of the molecule is C=N/C(Cl)=C\C=C(/CC)N=C(C)C. The van der Waals surface area contributed by atoms with Gasteiger partial charge in [-0.15, -0.1) is 0 Å². The fourth-order valence-corrected chi connectivity index (χ4v) is 0.802. The topological polar surface area (TPSA) is 24.7 Å². The molecule has 0 heterocycles. The zero-order valence-electron chi connectivity index (χ0n) is 8.34. The first kappa shape index (κ1) is 12.1. The molecule has 2 nitrogen and oxygen atoms in total. The van der Waals surface area contributed by atoms with Gasteiger partial charge in [-0.25, -0.2) is 0 Å². The number of nitrogens with zero attached hydrogens (tertiary/aromatic N) is 2. The summed E-state index contributed by atoms with van der Waals surface area (Å²) < 4.78 is 0. The smallest absolute Gasteiger partial charge is 0.128 e. The van der Waals surface area contributed by atoms with Gasteiger partial charge in [0.25, 0.3) is 0 Å². The highest BCUT2D eigenvalue weighted by Gasteiger charge is 1.89. The molecule has 0 amide bonds. The first-order chi connectivity index (χ1) is 6.10. The Bertz CT molecular complexity index is 258. The van der Waals surface area contributed by atoms with E-state index in [1.807, 2.05) is 26.8 Å². The monoisotopic (exact) mass is 198 g/mol. The molecule has 0 aromatic carbocycles. The predicted molar refractivity (Wildman–Crippen MR) is 60.6 cm³/mol. The van der Waals surface area contributed by atoms with Crippen molar-refractivity contribution >= 4 is 24.0 Å². The van der Waals surface area contributed by atoms with Crippen molar-refractivity contribution in [3.63, 3.8) is 0 Å². The minimum absolute atomic E-state index is 0.384. The molecule has 72 valence electrons. The average molecular weight is 199 g/mol. The fourth-order valence-electron chi connectivity index (χ4n) is 0.739. The van der Waals surface area contributed by atoms with Crippen molar-refractivity contribution in [3.8, 4) is 0 Å². The van der Waals surface area contributed by atoms with Crippen LogP contribution in [0, 0.1) is 0 Å². The maximum atomic E-state index is 5.64. The first-order valence-electron chi connectivity index (χ1n) is 4.15. The Kier molecular flexibility index (Phi) is 6.15. The molecule has 0 rings (SSSR count). The molecule has 0 N–H and O–H groups in total. The third kappa shape index (κ3) is 6.29. The molecule has 0 aromatic heterocycles. The van der Waals surface area contributed by atoms with Gasteiger partial charge in [0.1, 0.15) is 5.16 Å². The van der Waals surface area contributed by atoms with Gasteiger partial charge in [-0.2, -0.15) is 0 Å². The predicted octanol–water partition coefficient (Wildman–Crippen LogP) is 3.54. The molecule has 0 aromatic rings. The molecule has 0 fully saturated rings. The van der Waals surface area contributed by atoms with Crippen LogP contribution in [0.1, 0.15) is 27.2 Å². The Morgan fingerprint density at radius 3 is 2.38 bits per heavy atom. The molecule has 0 atom stereocenters. The lowest BCUT2D eigenvalue weighted by Crippen LogP contribution is -1.83. The number of halogens is 1. The van der Waals surface area contributed by atoms with Crippen molar-refractivity contribution in [1.29, 1.82) is 0 Å². The Morgan fingerprint density at radius 2 is 2.00 bits per heavy atom. The number of rotatable bonds is 4. The zero-order valence-corrected chi connectivity index (χ0v) is 9.10. The summed E-state index contributed by atoms with van der Waals surface area (Å²) in [6.07, 6.45) is 4.42. The third-order valence-corrected chi connectivity index (χ3v) is 1.54. The van der Waals surface area contributed by atoms with E-state index in [0.29, 0.717) is 5.16 Å². The Labute approximate surface area is 84.7 Å². The van der Waals surface area contributed by atoms with Gasteiger partial charge in [-0.05, 0) is 39.1 Å². The van der Waals surface area contributed by atoms with Crippen LogP contribution in [0.3, 0.4) is 0 Å². The lowest BCUT2D eigenvalue weighted by Gasteiger charge is -1.95. The summed E-state index contributed by atoms with van der Waals surface area (Å²) in [6.45, 7) is 9.27. The van der Waals surface area contributed by atoms with Crippen molar-refractivity contribution in [2.75, 3.05) is 0 Å². The molecular formula is C10H15ClN2. The quantitative estimate of drug-likeness (QED) is 0.375. The molecule has 0 bridgehead atoms. The highest BCUT2D eigenvalue weighted by Crippen LogP contribution is 2.07. The van der Waals surface area contributed by atoms with Crippen LogP contribution in [-0.2, 0) is 0 Å². The number of hydrogen-bond donors (Lipinski definition) is 0. The second-order valence-electron chi connectivity index (χ2n) is 2.72. The van der Waals surface area contributed by atoms with E-state index < -0.39 is 0 Å². The maximum Gasteiger partial charge on any atom is 0.128 e. The maximum absolute atomic E-state index is 5.64. The van der Waals surface area contributed by atoms with Gasteiger partial charge in [-0.1, -0.05) is 18.5 Å². The van der Waals surface area contributed by atoms with Crippen LogP contribution in [0.15, 0.2) is 33.0 Å². The van der Waals surface area contributed by atoms with Gasteiger partial charge < -0.3 is 0 Å². The third-order valence-electron chi connectivity index (χ3n) is 1.29. The Hall–Kier alpha value is -0.890. The van der Waals surface area contributed by atoms with Crippen molar-refractivity contribution in [3.05, 3.63) is 23.0 Å².